The Morgan fingerprint density at radius 1 is 1.47 bits per heavy atom. The van der Waals surface area contributed by atoms with E-state index in [4.69, 9.17) is 5.73 Å². The second-order valence-corrected chi connectivity index (χ2v) is 5.35. The molecule has 100 valence electrons. The molecule has 4 nitrogen and oxygen atoms in total. The van der Waals surface area contributed by atoms with Gasteiger partial charge in [0.2, 0.25) is 5.91 Å². The quantitative estimate of drug-likeness (QED) is 0.733. The summed E-state index contributed by atoms with van der Waals surface area (Å²) in [6, 6.07) is 0. The summed E-state index contributed by atoms with van der Waals surface area (Å²) in [7, 11) is 1.77. The van der Waals surface area contributed by atoms with Crippen molar-refractivity contribution < 1.29 is 9.90 Å². The lowest BCUT2D eigenvalue weighted by atomic mass is 9.99. The van der Waals surface area contributed by atoms with Crippen LogP contribution in [0.3, 0.4) is 0 Å². The van der Waals surface area contributed by atoms with Crippen molar-refractivity contribution in [3.63, 3.8) is 0 Å². The summed E-state index contributed by atoms with van der Waals surface area (Å²) in [6.45, 7) is 2.90. The van der Waals surface area contributed by atoms with E-state index < -0.39 is 5.60 Å². The number of aliphatic hydroxyl groups is 1. The standard InChI is InChI=1S/C13H26N2O2/c1-3-6-11(9-14)12(16)15(2)10-13(17)7-4-5-8-13/h11,17H,3-10,14H2,1-2H3. The van der Waals surface area contributed by atoms with Crippen molar-refractivity contribution >= 4 is 5.91 Å². The van der Waals surface area contributed by atoms with Crippen molar-refractivity contribution in [3.8, 4) is 0 Å². The largest absolute Gasteiger partial charge is 0.388 e. The molecule has 0 aromatic carbocycles. The zero-order valence-corrected chi connectivity index (χ0v) is 11.1. The van der Waals surface area contributed by atoms with E-state index in [2.05, 4.69) is 6.92 Å². The van der Waals surface area contributed by atoms with Gasteiger partial charge in [-0.1, -0.05) is 26.2 Å². The van der Waals surface area contributed by atoms with E-state index in [-0.39, 0.29) is 11.8 Å². The topological polar surface area (TPSA) is 66.6 Å². The summed E-state index contributed by atoms with van der Waals surface area (Å²) < 4.78 is 0. The number of carbonyl (C=O) groups excluding carboxylic acids is 1. The molecular formula is C13H26N2O2. The second-order valence-electron chi connectivity index (χ2n) is 5.35. The fourth-order valence-electron chi connectivity index (χ4n) is 2.71. The fraction of sp³-hybridized carbons (Fsp3) is 0.923. The first-order valence-corrected chi connectivity index (χ1v) is 6.70. The maximum Gasteiger partial charge on any atom is 0.226 e. The number of hydrogen-bond donors (Lipinski definition) is 2. The monoisotopic (exact) mass is 242 g/mol. The van der Waals surface area contributed by atoms with Crippen molar-refractivity contribution in [2.45, 2.75) is 51.0 Å². The van der Waals surface area contributed by atoms with Crippen LogP contribution in [0.4, 0.5) is 0 Å². The van der Waals surface area contributed by atoms with E-state index in [1.165, 1.54) is 0 Å². The summed E-state index contributed by atoms with van der Waals surface area (Å²) >= 11 is 0. The van der Waals surface area contributed by atoms with Crippen LogP contribution in [0.1, 0.15) is 45.4 Å². The molecule has 0 aliphatic heterocycles. The van der Waals surface area contributed by atoms with Crippen molar-refractivity contribution in [1.82, 2.24) is 4.90 Å². The summed E-state index contributed by atoms with van der Waals surface area (Å²) in [5.74, 6) is -0.00956. The van der Waals surface area contributed by atoms with Crippen LogP contribution < -0.4 is 5.73 Å². The highest BCUT2D eigenvalue weighted by Gasteiger charge is 2.34. The van der Waals surface area contributed by atoms with Crippen LogP contribution in [-0.2, 0) is 4.79 Å². The molecule has 1 atom stereocenters. The second kappa shape index (κ2) is 6.36. The molecule has 17 heavy (non-hydrogen) atoms. The number of nitrogens with two attached hydrogens (primary N) is 1. The Morgan fingerprint density at radius 2 is 2.06 bits per heavy atom. The van der Waals surface area contributed by atoms with E-state index in [1.807, 2.05) is 0 Å². The molecule has 0 saturated heterocycles. The minimum absolute atomic E-state index is 0.0784. The Morgan fingerprint density at radius 3 is 2.53 bits per heavy atom. The van der Waals surface area contributed by atoms with Crippen LogP contribution in [0.5, 0.6) is 0 Å². The molecule has 0 radical (unpaired) electrons. The Kier molecular flexibility index (Phi) is 5.40. The molecule has 3 N–H and O–H groups in total. The number of rotatable bonds is 6. The number of hydrogen-bond acceptors (Lipinski definition) is 3. The normalized spacial score (nSPS) is 20.2. The smallest absolute Gasteiger partial charge is 0.226 e. The van der Waals surface area contributed by atoms with Crippen LogP contribution in [0, 0.1) is 5.92 Å². The lowest BCUT2D eigenvalue weighted by molar-refractivity contribution is -0.137. The molecule has 4 heteroatoms. The molecule has 1 aliphatic rings. The molecule has 1 unspecified atom stereocenters. The van der Waals surface area contributed by atoms with Crippen molar-refractivity contribution in [3.05, 3.63) is 0 Å². The first-order chi connectivity index (χ1) is 8.02. The predicted molar refractivity (Wildman–Crippen MR) is 68.5 cm³/mol. The van der Waals surface area contributed by atoms with Crippen molar-refractivity contribution in [2.75, 3.05) is 20.1 Å². The molecular weight excluding hydrogens is 216 g/mol. The lowest BCUT2D eigenvalue weighted by Gasteiger charge is -2.30. The third-order valence-corrected chi connectivity index (χ3v) is 3.71. The first-order valence-electron chi connectivity index (χ1n) is 6.70. The molecule has 0 heterocycles. The van der Waals surface area contributed by atoms with E-state index in [1.54, 1.807) is 11.9 Å². The number of likely N-dealkylation sites (N-methyl/N-ethyl adjacent to an activating group) is 1. The van der Waals surface area contributed by atoms with Crippen molar-refractivity contribution in [1.29, 1.82) is 0 Å². The van der Waals surface area contributed by atoms with Gasteiger partial charge in [-0.05, 0) is 19.3 Å². The van der Waals surface area contributed by atoms with Gasteiger partial charge in [0.25, 0.3) is 0 Å². The first kappa shape index (κ1) is 14.5. The highest BCUT2D eigenvalue weighted by molar-refractivity contribution is 5.78. The third-order valence-electron chi connectivity index (χ3n) is 3.71. The number of nitrogens with zero attached hydrogens (tertiary/aromatic N) is 1. The molecule has 1 saturated carbocycles. The van der Waals surface area contributed by atoms with E-state index in [0.29, 0.717) is 13.1 Å². The van der Waals surface area contributed by atoms with Gasteiger partial charge in [-0.25, -0.2) is 0 Å². The van der Waals surface area contributed by atoms with Gasteiger partial charge in [-0.3, -0.25) is 4.79 Å². The van der Waals surface area contributed by atoms with Gasteiger partial charge in [0.1, 0.15) is 0 Å². The van der Waals surface area contributed by atoms with Crippen molar-refractivity contribution in [2.24, 2.45) is 11.7 Å². The highest BCUT2D eigenvalue weighted by atomic mass is 16.3. The molecule has 1 rings (SSSR count). The summed E-state index contributed by atoms with van der Waals surface area (Å²) in [5, 5.41) is 10.3. The minimum atomic E-state index is -0.657. The Hall–Kier alpha value is -0.610. The van der Waals surface area contributed by atoms with E-state index in [9.17, 15) is 9.90 Å². The van der Waals surface area contributed by atoms with E-state index >= 15 is 0 Å². The Labute approximate surface area is 104 Å². The molecule has 1 amide bonds. The van der Waals surface area contributed by atoms with Crippen LogP contribution in [0.25, 0.3) is 0 Å². The zero-order valence-electron chi connectivity index (χ0n) is 11.1. The Bertz CT molecular complexity index is 250. The maximum absolute atomic E-state index is 12.1. The third kappa shape index (κ3) is 3.96. The van der Waals surface area contributed by atoms with Gasteiger partial charge >= 0.3 is 0 Å². The molecule has 1 fully saturated rings. The Balaban J connectivity index is 2.50. The maximum atomic E-state index is 12.1. The molecule has 0 spiro atoms. The SMILES string of the molecule is CCCC(CN)C(=O)N(C)CC1(O)CCCC1. The fourth-order valence-corrected chi connectivity index (χ4v) is 2.71. The van der Waals surface area contributed by atoms with Gasteiger partial charge in [0, 0.05) is 20.1 Å². The average molecular weight is 242 g/mol. The average Bonchev–Trinajstić information content (AvgIpc) is 2.71. The van der Waals surface area contributed by atoms with Crippen LogP contribution in [0.15, 0.2) is 0 Å². The lowest BCUT2D eigenvalue weighted by Crippen LogP contribution is -2.45. The molecule has 0 bridgehead atoms. The minimum Gasteiger partial charge on any atom is -0.388 e. The van der Waals surface area contributed by atoms with Gasteiger partial charge in [-0.2, -0.15) is 0 Å². The molecule has 1 aliphatic carbocycles. The van der Waals surface area contributed by atoms with Gasteiger partial charge in [0.15, 0.2) is 0 Å². The number of amides is 1. The predicted octanol–water partition coefficient (Wildman–Crippen LogP) is 1.12. The summed E-state index contributed by atoms with van der Waals surface area (Å²) in [4.78, 5) is 13.8. The molecule has 0 aromatic heterocycles. The number of carbonyl (C=O) groups is 1. The van der Waals surface area contributed by atoms with Gasteiger partial charge in [-0.15, -0.1) is 0 Å². The van der Waals surface area contributed by atoms with Gasteiger partial charge in [0.05, 0.1) is 11.5 Å². The van der Waals surface area contributed by atoms with Gasteiger partial charge < -0.3 is 15.7 Å². The highest BCUT2D eigenvalue weighted by Crippen LogP contribution is 2.30. The van der Waals surface area contributed by atoms with Crippen LogP contribution in [-0.4, -0.2) is 41.7 Å². The zero-order chi connectivity index (χ0) is 12.9. The van der Waals surface area contributed by atoms with Crippen LogP contribution in [0.2, 0.25) is 0 Å². The summed E-state index contributed by atoms with van der Waals surface area (Å²) in [5.41, 5.74) is 4.97. The molecule has 0 aromatic rings. The van der Waals surface area contributed by atoms with E-state index in [0.717, 1.165) is 38.5 Å². The summed E-state index contributed by atoms with van der Waals surface area (Å²) in [6.07, 6.45) is 5.54. The van der Waals surface area contributed by atoms with Crippen LogP contribution >= 0.6 is 0 Å².